The quantitative estimate of drug-likeness (QED) is 0.206. The Kier molecular flexibility index (Phi) is 5.20. The van der Waals surface area contributed by atoms with Gasteiger partial charge in [0.25, 0.3) is 0 Å². The highest BCUT2D eigenvalue weighted by molar-refractivity contribution is 6.34. The third kappa shape index (κ3) is 3.75. The molecule has 2 aromatic heterocycles. The lowest BCUT2D eigenvalue weighted by atomic mass is 9.91. The second-order valence-electron chi connectivity index (χ2n) is 11.0. The van der Waals surface area contributed by atoms with Crippen LogP contribution in [-0.4, -0.2) is 9.97 Å². The molecular formula is C40H24N2O. The topological polar surface area (TPSA) is 38.9 Å². The molecule has 43 heavy (non-hydrogen) atoms. The van der Waals surface area contributed by atoms with Crippen molar-refractivity contribution in [3.05, 3.63) is 146 Å². The van der Waals surface area contributed by atoms with E-state index in [0.717, 1.165) is 44.6 Å². The molecule has 0 saturated heterocycles. The summed E-state index contributed by atoms with van der Waals surface area (Å²) in [6.45, 7) is 0. The largest absolute Gasteiger partial charge is 0.456 e. The number of rotatable bonds is 3. The van der Waals surface area contributed by atoms with Crippen molar-refractivity contribution in [1.82, 2.24) is 9.97 Å². The Morgan fingerprint density at radius 3 is 1.63 bits per heavy atom. The maximum atomic E-state index is 6.28. The number of aromatic nitrogens is 2. The maximum absolute atomic E-state index is 6.28. The average molecular weight is 549 g/mol. The van der Waals surface area contributed by atoms with E-state index >= 15 is 0 Å². The van der Waals surface area contributed by atoms with Gasteiger partial charge in [-0.05, 0) is 57.3 Å². The molecule has 0 fully saturated rings. The summed E-state index contributed by atoms with van der Waals surface area (Å²) in [7, 11) is 0. The molecule has 9 aromatic rings. The zero-order valence-corrected chi connectivity index (χ0v) is 23.2. The SMILES string of the molecule is c1ccc(-c2cc(-c3ccccc3)nc(-c3ccc4c(c3)c3ccccc3c3c4ccc4oc5ccccc5c43)n2)cc1. The Labute approximate surface area is 247 Å². The van der Waals surface area contributed by atoms with Crippen LogP contribution in [0.15, 0.2) is 150 Å². The Balaban J connectivity index is 1.34. The number of hydrogen-bond acceptors (Lipinski definition) is 3. The van der Waals surface area contributed by atoms with Gasteiger partial charge in [0.1, 0.15) is 11.2 Å². The number of fused-ring (bicyclic) bond motifs is 10. The Hall–Kier alpha value is -5.80. The summed E-state index contributed by atoms with van der Waals surface area (Å²) in [5.74, 6) is 0.711. The van der Waals surface area contributed by atoms with Crippen LogP contribution in [0.2, 0.25) is 0 Å². The van der Waals surface area contributed by atoms with Gasteiger partial charge in [0, 0.05) is 32.8 Å². The van der Waals surface area contributed by atoms with E-state index in [-0.39, 0.29) is 0 Å². The van der Waals surface area contributed by atoms with Gasteiger partial charge in [-0.25, -0.2) is 9.97 Å². The van der Waals surface area contributed by atoms with E-state index in [1.54, 1.807) is 0 Å². The highest BCUT2D eigenvalue weighted by atomic mass is 16.3. The van der Waals surface area contributed by atoms with Crippen LogP contribution in [0.3, 0.4) is 0 Å². The number of hydrogen-bond donors (Lipinski definition) is 0. The number of furan rings is 1. The molecule has 0 spiro atoms. The van der Waals surface area contributed by atoms with E-state index in [2.05, 4.69) is 97.1 Å². The Bertz CT molecular complexity index is 2420. The van der Waals surface area contributed by atoms with Gasteiger partial charge in [-0.1, -0.05) is 115 Å². The molecule has 0 atom stereocenters. The van der Waals surface area contributed by atoms with E-state index in [0.29, 0.717) is 5.82 Å². The van der Waals surface area contributed by atoms with Crippen LogP contribution in [0.4, 0.5) is 0 Å². The smallest absolute Gasteiger partial charge is 0.160 e. The van der Waals surface area contributed by atoms with Gasteiger partial charge < -0.3 is 4.42 Å². The molecule has 0 radical (unpaired) electrons. The van der Waals surface area contributed by atoms with Gasteiger partial charge in [-0.3, -0.25) is 0 Å². The molecule has 0 N–H and O–H groups in total. The molecule has 0 aliphatic rings. The van der Waals surface area contributed by atoms with Crippen LogP contribution in [0.25, 0.3) is 88.2 Å². The van der Waals surface area contributed by atoms with Gasteiger partial charge in [0.15, 0.2) is 5.82 Å². The maximum Gasteiger partial charge on any atom is 0.160 e. The van der Waals surface area contributed by atoms with Gasteiger partial charge in [-0.2, -0.15) is 0 Å². The lowest BCUT2D eigenvalue weighted by Crippen LogP contribution is -1.96. The van der Waals surface area contributed by atoms with Crippen LogP contribution in [0.5, 0.6) is 0 Å². The van der Waals surface area contributed by atoms with Crippen molar-refractivity contribution >= 4 is 54.3 Å². The molecule has 0 aliphatic heterocycles. The second kappa shape index (κ2) is 9.37. The zero-order chi connectivity index (χ0) is 28.3. The molecule has 7 aromatic carbocycles. The predicted molar refractivity (Wildman–Crippen MR) is 178 cm³/mol. The van der Waals surface area contributed by atoms with E-state index in [9.17, 15) is 0 Å². The fraction of sp³-hybridized carbons (Fsp3) is 0. The molecule has 0 bridgehead atoms. The first-order valence-electron chi connectivity index (χ1n) is 14.5. The van der Waals surface area contributed by atoms with Crippen LogP contribution >= 0.6 is 0 Å². The molecule has 2 heterocycles. The fourth-order valence-electron chi connectivity index (χ4n) is 6.49. The summed E-state index contributed by atoms with van der Waals surface area (Å²) in [6, 6.07) is 50.7. The molecule has 0 unspecified atom stereocenters. The summed E-state index contributed by atoms with van der Waals surface area (Å²) < 4.78 is 6.28. The summed E-state index contributed by atoms with van der Waals surface area (Å²) in [4.78, 5) is 10.2. The van der Waals surface area contributed by atoms with Crippen LogP contribution in [-0.2, 0) is 0 Å². The Morgan fingerprint density at radius 1 is 0.349 bits per heavy atom. The van der Waals surface area contributed by atoms with Gasteiger partial charge in [-0.15, -0.1) is 0 Å². The summed E-state index contributed by atoms with van der Waals surface area (Å²) >= 11 is 0. The minimum atomic E-state index is 0.711. The molecular weight excluding hydrogens is 524 g/mol. The van der Waals surface area contributed by atoms with Crippen molar-refractivity contribution in [2.24, 2.45) is 0 Å². The molecule has 0 saturated carbocycles. The third-order valence-corrected chi connectivity index (χ3v) is 8.46. The second-order valence-corrected chi connectivity index (χ2v) is 11.0. The molecule has 0 amide bonds. The summed E-state index contributed by atoms with van der Waals surface area (Å²) in [5, 5.41) is 9.55. The number of para-hydroxylation sites is 1. The monoisotopic (exact) mass is 548 g/mol. The van der Waals surface area contributed by atoms with Crippen molar-refractivity contribution < 1.29 is 4.42 Å². The number of benzene rings is 7. The molecule has 0 aliphatic carbocycles. The lowest BCUT2D eigenvalue weighted by molar-refractivity contribution is 0.669. The molecule has 9 rings (SSSR count). The minimum Gasteiger partial charge on any atom is -0.456 e. The first kappa shape index (κ1) is 23.9. The predicted octanol–water partition coefficient (Wildman–Crippen LogP) is 10.8. The molecule has 3 nitrogen and oxygen atoms in total. The van der Waals surface area contributed by atoms with Crippen molar-refractivity contribution in [3.8, 4) is 33.9 Å². The fourth-order valence-corrected chi connectivity index (χ4v) is 6.49. The standard InChI is InChI=1S/C40H24N2O/c1-3-11-25(12-4-1)34-24-35(26-13-5-2-6-14-26)42-40(41-34)27-19-20-29-31-21-22-37-39(32-17-9-10-18-36(32)43-37)38(31)30-16-8-7-15-28(30)33(29)23-27/h1-24H. The van der Waals surface area contributed by atoms with E-state index < -0.39 is 0 Å². The molecule has 200 valence electrons. The first-order valence-corrected chi connectivity index (χ1v) is 14.5. The van der Waals surface area contributed by atoms with Crippen LogP contribution in [0, 0.1) is 0 Å². The van der Waals surface area contributed by atoms with Crippen molar-refractivity contribution in [2.75, 3.05) is 0 Å². The summed E-state index contributed by atoms with van der Waals surface area (Å²) in [5.41, 5.74) is 6.75. The normalized spacial score (nSPS) is 11.7. The lowest BCUT2D eigenvalue weighted by Gasteiger charge is -2.13. The van der Waals surface area contributed by atoms with Crippen molar-refractivity contribution in [1.29, 1.82) is 0 Å². The van der Waals surface area contributed by atoms with E-state index in [1.807, 2.05) is 48.5 Å². The molecule has 3 heteroatoms. The van der Waals surface area contributed by atoms with E-state index in [4.69, 9.17) is 14.4 Å². The minimum absolute atomic E-state index is 0.711. The van der Waals surface area contributed by atoms with Crippen LogP contribution < -0.4 is 0 Å². The van der Waals surface area contributed by atoms with Gasteiger partial charge in [0.2, 0.25) is 0 Å². The highest BCUT2D eigenvalue weighted by Gasteiger charge is 2.17. The first-order chi connectivity index (χ1) is 21.3. The Morgan fingerprint density at radius 2 is 0.907 bits per heavy atom. The third-order valence-electron chi connectivity index (χ3n) is 8.46. The highest BCUT2D eigenvalue weighted by Crippen LogP contribution is 2.43. The summed E-state index contributed by atoms with van der Waals surface area (Å²) in [6.07, 6.45) is 0. The van der Waals surface area contributed by atoms with Crippen molar-refractivity contribution in [2.45, 2.75) is 0 Å². The number of nitrogens with zero attached hydrogens (tertiary/aromatic N) is 2. The van der Waals surface area contributed by atoms with E-state index in [1.165, 1.54) is 37.7 Å². The van der Waals surface area contributed by atoms with Crippen molar-refractivity contribution in [3.63, 3.8) is 0 Å². The average Bonchev–Trinajstić information content (AvgIpc) is 3.47. The zero-order valence-electron chi connectivity index (χ0n) is 23.2. The van der Waals surface area contributed by atoms with Gasteiger partial charge >= 0.3 is 0 Å². The van der Waals surface area contributed by atoms with Gasteiger partial charge in [0.05, 0.1) is 11.4 Å². The van der Waals surface area contributed by atoms with Crippen LogP contribution in [0.1, 0.15) is 0 Å².